The first-order valence-electron chi connectivity index (χ1n) is 6.62. The Morgan fingerprint density at radius 3 is 2.95 bits per heavy atom. The first kappa shape index (κ1) is 16.5. The Bertz CT molecular complexity index is 642. The Labute approximate surface area is 137 Å². The lowest BCUT2D eigenvalue weighted by Gasteiger charge is -2.13. The third kappa shape index (κ3) is 4.08. The molecule has 0 unspecified atom stereocenters. The number of methoxy groups -OCH3 is 1. The second-order valence-electron chi connectivity index (χ2n) is 4.61. The van der Waals surface area contributed by atoms with Gasteiger partial charge in [0.05, 0.1) is 12.0 Å². The smallest absolute Gasteiger partial charge is 0.303 e. The minimum Gasteiger partial charge on any atom is -0.497 e. The molecule has 1 amide bonds. The van der Waals surface area contributed by atoms with Crippen LogP contribution in [0.4, 0.5) is 0 Å². The number of amides is 1. The molecule has 1 aromatic rings. The molecule has 22 heavy (non-hydrogen) atoms. The number of thioether (sulfide) groups is 1. The predicted molar refractivity (Wildman–Crippen MR) is 89.7 cm³/mol. The molecule has 1 N–H and O–H groups in total. The van der Waals surface area contributed by atoms with E-state index in [1.54, 1.807) is 13.2 Å². The summed E-state index contributed by atoms with van der Waals surface area (Å²) in [6.07, 6.45) is 2.17. The van der Waals surface area contributed by atoms with Crippen molar-refractivity contribution >= 4 is 46.3 Å². The monoisotopic (exact) mass is 337 g/mol. The largest absolute Gasteiger partial charge is 0.497 e. The standard InChI is InChI=1S/C15H15NO4S2/c1-20-11-5-2-4-10(8-11)9-12-14(19)16(15(21)22-12)7-3-6-13(17)18/h2,4-5,8-9H,3,6-7H2,1H3,(H,17,18)/b12-9-. The number of carbonyl (C=O) groups is 2. The first-order valence-corrected chi connectivity index (χ1v) is 7.85. The molecule has 7 heteroatoms. The van der Waals surface area contributed by atoms with Crippen LogP contribution < -0.4 is 4.74 Å². The van der Waals surface area contributed by atoms with Crippen LogP contribution in [0.5, 0.6) is 5.75 Å². The van der Waals surface area contributed by atoms with Crippen molar-refractivity contribution in [1.82, 2.24) is 4.90 Å². The van der Waals surface area contributed by atoms with E-state index in [2.05, 4.69) is 0 Å². The summed E-state index contributed by atoms with van der Waals surface area (Å²) in [6.45, 7) is 0.326. The van der Waals surface area contributed by atoms with Crippen LogP contribution in [0.15, 0.2) is 29.2 Å². The number of aliphatic carboxylic acids is 1. The van der Waals surface area contributed by atoms with Gasteiger partial charge in [0, 0.05) is 13.0 Å². The van der Waals surface area contributed by atoms with Gasteiger partial charge >= 0.3 is 5.97 Å². The van der Waals surface area contributed by atoms with Gasteiger partial charge < -0.3 is 9.84 Å². The molecule has 1 saturated heterocycles. The normalized spacial score (nSPS) is 16.4. The summed E-state index contributed by atoms with van der Waals surface area (Å²) in [5, 5.41) is 8.65. The molecular weight excluding hydrogens is 322 g/mol. The molecule has 0 spiro atoms. The second-order valence-corrected chi connectivity index (χ2v) is 6.28. The number of rotatable bonds is 6. The van der Waals surface area contributed by atoms with E-state index in [-0.39, 0.29) is 12.3 Å². The topological polar surface area (TPSA) is 66.8 Å². The van der Waals surface area contributed by atoms with Crippen molar-refractivity contribution < 1.29 is 19.4 Å². The first-order chi connectivity index (χ1) is 10.5. The van der Waals surface area contributed by atoms with Gasteiger partial charge in [-0.2, -0.15) is 0 Å². The van der Waals surface area contributed by atoms with Crippen molar-refractivity contribution in [2.24, 2.45) is 0 Å². The summed E-state index contributed by atoms with van der Waals surface area (Å²) in [4.78, 5) is 24.8. The van der Waals surface area contributed by atoms with E-state index in [1.807, 2.05) is 24.3 Å². The summed E-state index contributed by atoms with van der Waals surface area (Å²) >= 11 is 6.42. The highest BCUT2D eigenvalue weighted by Crippen LogP contribution is 2.33. The van der Waals surface area contributed by atoms with Gasteiger partial charge in [0.25, 0.3) is 5.91 Å². The maximum absolute atomic E-state index is 12.3. The van der Waals surface area contributed by atoms with E-state index >= 15 is 0 Å². The quantitative estimate of drug-likeness (QED) is 0.636. The van der Waals surface area contributed by atoms with Crippen molar-refractivity contribution in [2.75, 3.05) is 13.7 Å². The third-order valence-corrected chi connectivity index (χ3v) is 4.42. The molecule has 1 aliphatic rings. The molecule has 0 aromatic heterocycles. The highest BCUT2D eigenvalue weighted by atomic mass is 32.2. The molecule has 1 aromatic carbocycles. The van der Waals surface area contributed by atoms with Crippen molar-refractivity contribution in [3.05, 3.63) is 34.7 Å². The second kappa shape index (κ2) is 7.42. The maximum Gasteiger partial charge on any atom is 0.303 e. The fourth-order valence-corrected chi connectivity index (χ4v) is 3.27. The average Bonchev–Trinajstić information content (AvgIpc) is 2.74. The van der Waals surface area contributed by atoms with E-state index in [1.165, 1.54) is 16.7 Å². The molecule has 0 aliphatic carbocycles. The fraction of sp³-hybridized carbons (Fsp3) is 0.267. The molecule has 1 aliphatic heterocycles. The number of benzene rings is 1. The van der Waals surface area contributed by atoms with E-state index in [0.717, 1.165) is 5.56 Å². The Morgan fingerprint density at radius 2 is 2.27 bits per heavy atom. The molecule has 0 bridgehead atoms. The molecule has 116 valence electrons. The Balaban J connectivity index is 2.09. The Hall–Kier alpha value is -1.86. The summed E-state index contributed by atoms with van der Waals surface area (Å²) in [6, 6.07) is 7.38. The van der Waals surface area contributed by atoms with Crippen molar-refractivity contribution in [1.29, 1.82) is 0 Å². The summed E-state index contributed by atoms with van der Waals surface area (Å²) in [7, 11) is 1.58. The third-order valence-electron chi connectivity index (χ3n) is 3.04. The van der Waals surface area contributed by atoms with Gasteiger partial charge in [-0.3, -0.25) is 14.5 Å². The van der Waals surface area contributed by atoms with E-state index < -0.39 is 5.97 Å². The van der Waals surface area contributed by atoms with Gasteiger partial charge in [0.1, 0.15) is 10.1 Å². The fourth-order valence-electron chi connectivity index (χ4n) is 1.96. The number of hydrogen-bond donors (Lipinski definition) is 1. The van der Waals surface area contributed by atoms with Crippen LogP contribution in [0.2, 0.25) is 0 Å². The van der Waals surface area contributed by atoms with Crippen LogP contribution in [-0.4, -0.2) is 39.9 Å². The van der Waals surface area contributed by atoms with Crippen molar-refractivity contribution in [3.8, 4) is 5.75 Å². The minimum atomic E-state index is -0.877. The van der Waals surface area contributed by atoms with Crippen LogP contribution in [-0.2, 0) is 9.59 Å². The lowest BCUT2D eigenvalue weighted by Crippen LogP contribution is -2.29. The molecule has 5 nitrogen and oxygen atoms in total. The maximum atomic E-state index is 12.3. The minimum absolute atomic E-state index is 0.0198. The van der Waals surface area contributed by atoms with Crippen molar-refractivity contribution in [3.63, 3.8) is 0 Å². The number of thiocarbonyl (C=S) groups is 1. The van der Waals surface area contributed by atoms with Gasteiger partial charge in [0.2, 0.25) is 0 Å². The molecule has 0 radical (unpaired) electrons. The molecule has 0 saturated carbocycles. The van der Waals surface area contributed by atoms with Crippen LogP contribution in [0.1, 0.15) is 18.4 Å². The summed E-state index contributed by atoms with van der Waals surface area (Å²) < 4.78 is 5.61. The van der Waals surface area contributed by atoms with Crippen LogP contribution in [0.25, 0.3) is 6.08 Å². The molecular formula is C15H15NO4S2. The molecule has 1 heterocycles. The van der Waals surface area contributed by atoms with Gasteiger partial charge in [-0.15, -0.1) is 0 Å². The number of ether oxygens (including phenoxy) is 1. The SMILES string of the molecule is COc1cccc(/C=C2\SC(=S)N(CCCC(=O)O)C2=O)c1. The summed E-state index contributed by atoms with van der Waals surface area (Å²) in [5.74, 6) is -0.341. The number of nitrogens with zero attached hydrogens (tertiary/aromatic N) is 1. The van der Waals surface area contributed by atoms with Crippen LogP contribution in [0, 0.1) is 0 Å². The number of hydrogen-bond acceptors (Lipinski definition) is 5. The van der Waals surface area contributed by atoms with Gasteiger partial charge in [-0.25, -0.2) is 0 Å². The highest BCUT2D eigenvalue weighted by molar-refractivity contribution is 8.26. The van der Waals surface area contributed by atoms with Crippen molar-refractivity contribution in [2.45, 2.75) is 12.8 Å². The number of carboxylic acids is 1. The number of carbonyl (C=O) groups excluding carboxylic acids is 1. The van der Waals surface area contributed by atoms with Crippen LogP contribution in [0.3, 0.4) is 0 Å². The molecule has 2 rings (SSSR count). The molecule has 0 atom stereocenters. The highest BCUT2D eigenvalue weighted by Gasteiger charge is 2.31. The lowest BCUT2D eigenvalue weighted by atomic mass is 10.2. The van der Waals surface area contributed by atoms with Gasteiger partial charge in [-0.05, 0) is 30.2 Å². The predicted octanol–water partition coefficient (Wildman–Crippen LogP) is 2.76. The van der Waals surface area contributed by atoms with E-state index in [4.69, 9.17) is 22.1 Å². The van der Waals surface area contributed by atoms with Gasteiger partial charge in [-0.1, -0.05) is 36.1 Å². The Kier molecular flexibility index (Phi) is 5.57. The Morgan fingerprint density at radius 1 is 1.50 bits per heavy atom. The van der Waals surface area contributed by atoms with E-state index in [9.17, 15) is 9.59 Å². The average molecular weight is 337 g/mol. The van der Waals surface area contributed by atoms with Crippen LogP contribution >= 0.6 is 24.0 Å². The zero-order chi connectivity index (χ0) is 16.1. The molecule has 1 fully saturated rings. The zero-order valence-corrected chi connectivity index (χ0v) is 13.6. The van der Waals surface area contributed by atoms with Gasteiger partial charge in [0.15, 0.2) is 0 Å². The summed E-state index contributed by atoms with van der Waals surface area (Å²) in [5.41, 5.74) is 0.852. The van der Waals surface area contributed by atoms with E-state index in [0.29, 0.717) is 27.9 Å². The lowest BCUT2D eigenvalue weighted by molar-refractivity contribution is -0.137. The zero-order valence-electron chi connectivity index (χ0n) is 11.9. The number of carboxylic acid groups (broad SMARTS) is 1.